The molecule has 1 aliphatic heterocycles. The van der Waals surface area contributed by atoms with Crippen LogP contribution in [0, 0.1) is 0 Å². The summed E-state index contributed by atoms with van der Waals surface area (Å²) >= 11 is 3.46. The zero-order valence-corrected chi connectivity index (χ0v) is 13.6. The number of rotatable bonds is 3. The molecule has 114 valence electrons. The summed E-state index contributed by atoms with van der Waals surface area (Å²) in [6.45, 7) is -0.112. The SMILES string of the molecule is CNC(=O)c1cc(Br)cc2c1O[C@H](CO)[C@H]2c1ccccc1. The first-order valence-corrected chi connectivity index (χ1v) is 7.83. The number of aliphatic hydroxyl groups excluding tert-OH is 1. The van der Waals surface area contributed by atoms with Crippen molar-refractivity contribution in [3.8, 4) is 5.75 Å². The Kier molecular flexibility index (Phi) is 4.18. The minimum Gasteiger partial charge on any atom is -0.486 e. The monoisotopic (exact) mass is 361 g/mol. The van der Waals surface area contributed by atoms with Crippen LogP contribution in [0.2, 0.25) is 0 Å². The number of hydrogen-bond donors (Lipinski definition) is 2. The van der Waals surface area contributed by atoms with E-state index in [2.05, 4.69) is 21.2 Å². The van der Waals surface area contributed by atoms with E-state index in [1.165, 1.54) is 0 Å². The number of fused-ring (bicyclic) bond motifs is 1. The quantitative estimate of drug-likeness (QED) is 0.883. The van der Waals surface area contributed by atoms with E-state index in [4.69, 9.17) is 4.74 Å². The fourth-order valence-electron chi connectivity index (χ4n) is 2.90. The molecule has 0 saturated carbocycles. The highest BCUT2D eigenvalue weighted by Crippen LogP contribution is 2.45. The standard InChI is InChI=1S/C17H16BrNO3/c1-19-17(21)13-8-11(18)7-12-15(10-5-3-2-4-6-10)14(9-20)22-16(12)13/h2-8,14-15,20H,9H2,1H3,(H,19,21)/t14-,15+/m1/s1. The first-order valence-electron chi connectivity index (χ1n) is 7.03. The van der Waals surface area contributed by atoms with Crippen molar-refractivity contribution < 1.29 is 14.6 Å². The normalized spacial score (nSPS) is 19.4. The van der Waals surface area contributed by atoms with E-state index in [1.54, 1.807) is 13.1 Å². The Bertz CT molecular complexity index is 703. The molecule has 0 unspecified atom stereocenters. The van der Waals surface area contributed by atoms with E-state index in [9.17, 15) is 9.90 Å². The highest BCUT2D eigenvalue weighted by Gasteiger charge is 2.37. The fourth-order valence-corrected chi connectivity index (χ4v) is 3.37. The molecular formula is C17H16BrNO3. The maximum Gasteiger partial charge on any atom is 0.254 e. The largest absolute Gasteiger partial charge is 0.486 e. The van der Waals surface area contributed by atoms with Crippen LogP contribution in [-0.4, -0.2) is 30.8 Å². The summed E-state index contributed by atoms with van der Waals surface area (Å²) in [6.07, 6.45) is -0.393. The van der Waals surface area contributed by atoms with Crippen LogP contribution >= 0.6 is 15.9 Å². The summed E-state index contributed by atoms with van der Waals surface area (Å²) < 4.78 is 6.71. The molecule has 4 nitrogen and oxygen atoms in total. The van der Waals surface area contributed by atoms with Crippen LogP contribution in [0.3, 0.4) is 0 Å². The van der Waals surface area contributed by atoms with Gasteiger partial charge in [0.25, 0.3) is 5.91 Å². The molecule has 0 bridgehead atoms. The third-order valence-corrected chi connectivity index (χ3v) is 4.33. The average Bonchev–Trinajstić information content (AvgIpc) is 2.92. The molecular weight excluding hydrogens is 346 g/mol. The van der Waals surface area contributed by atoms with Crippen molar-refractivity contribution in [3.63, 3.8) is 0 Å². The van der Waals surface area contributed by atoms with Gasteiger partial charge in [0.2, 0.25) is 0 Å². The molecule has 0 saturated heterocycles. The van der Waals surface area contributed by atoms with E-state index in [1.807, 2.05) is 36.4 Å². The van der Waals surface area contributed by atoms with Crippen LogP contribution in [-0.2, 0) is 0 Å². The van der Waals surface area contributed by atoms with Crippen molar-refractivity contribution >= 4 is 21.8 Å². The molecule has 2 N–H and O–H groups in total. The summed E-state index contributed by atoms with van der Waals surface area (Å²) in [6, 6.07) is 13.6. The molecule has 1 heterocycles. The van der Waals surface area contributed by atoms with E-state index in [0.29, 0.717) is 11.3 Å². The molecule has 2 aromatic rings. The number of ether oxygens (including phenoxy) is 1. The Balaban J connectivity index is 2.16. The van der Waals surface area contributed by atoms with Crippen LogP contribution in [0.15, 0.2) is 46.9 Å². The Morgan fingerprint density at radius 2 is 2.05 bits per heavy atom. The van der Waals surface area contributed by atoms with Gasteiger partial charge in [-0.3, -0.25) is 4.79 Å². The van der Waals surface area contributed by atoms with Crippen molar-refractivity contribution in [3.05, 3.63) is 63.6 Å². The van der Waals surface area contributed by atoms with Gasteiger partial charge in [0.05, 0.1) is 18.1 Å². The van der Waals surface area contributed by atoms with Gasteiger partial charge in [0.15, 0.2) is 0 Å². The Labute approximate surface area is 137 Å². The van der Waals surface area contributed by atoms with Crippen molar-refractivity contribution in [1.82, 2.24) is 5.32 Å². The average molecular weight is 362 g/mol. The second kappa shape index (κ2) is 6.10. The van der Waals surface area contributed by atoms with Crippen molar-refractivity contribution in [2.45, 2.75) is 12.0 Å². The van der Waals surface area contributed by atoms with E-state index >= 15 is 0 Å². The van der Waals surface area contributed by atoms with Gasteiger partial charge in [0.1, 0.15) is 11.9 Å². The lowest BCUT2D eigenvalue weighted by molar-refractivity contribution is 0.0947. The maximum absolute atomic E-state index is 12.1. The minimum absolute atomic E-state index is 0.0953. The molecule has 1 amide bonds. The predicted molar refractivity (Wildman–Crippen MR) is 87.3 cm³/mol. The minimum atomic E-state index is -0.393. The van der Waals surface area contributed by atoms with Crippen LogP contribution in [0.25, 0.3) is 0 Å². The molecule has 0 aromatic heterocycles. The Morgan fingerprint density at radius 1 is 1.32 bits per heavy atom. The van der Waals surface area contributed by atoms with Gasteiger partial charge in [-0.05, 0) is 17.7 Å². The lowest BCUT2D eigenvalue weighted by Gasteiger charge is -2.17. The maximum atomic E-state index is 12.1. The number of benzene rings is 2. The van der Waals surface area contributed by atoms with Gasteiger partial charge < -0.3 is 15.2 Å². The Morgan fingerprint density at radius 3 is 2.68 bits per heavy atom. The fraction of sp³-hybridized carbons (Fsp3) is 0.235. The van der Waals surface area contributed by atoms with E-state index in [0.717, 1.165) is 15.6 Å². The molecule has 0 fully saturated rings. The summed E-state index contributed by atoms with van der Waals surface area (Å²) in [4.78, 5) is 12.1. The van der Waals surface area contributed by atoms with Gasteiger partial charge >= 0.3 is 0 Å². The third kappa shape index (κ3) is 2.51. The highest BCUT2D eigenvalue weighted by molar-refractivity contribution is 9.10. The molecule has 5 heteroatoms. The molecule has 2 atom stereocenters. The summed E-state index contributed by atoms with van der Waals surface area (Å²) in [5.41, 5.74) is 2.45. The van der Waals surface area contributed by atoms with Gasteiger partial charge in [-0.2, -0.15) is 0 Å². The van der Waals surface area contributed by atoms with Gasteiger partial charge in [0, 0.05) is 17.1 Å². The summed E-state index contributed by atoms with van der Waals surface area (Å²) in [7, 11) is 1.59. The highest BCUT2D eigenvalue weighted by atomic mass is 79.9. The number of carbonyl (C=O) groups is 1. The van der Waals surface area contributed by atoms with Gasteiger partial charge in [-0.25, -0.2) is 0 Å². The zero-order chi connectivity index (χ0) is 15.7. The topological polar surface area (TPSA) is 58.6 Å². The molecule has 22 heavy (non-hydrogen) atoms. The van der Waals surface area contributed by atoms with E-state index < -0.39 is 6.10 Å². The Hall–Kier alpha value is -1.85. The van der Waals surface area contributed by atoms with Crippen LogP contribution in [0.5, 0.6) is 5.75 Å². The second-order valence-corrected chi connectivity index (χ2v) is 6.09. The summed E-state index contributed by atoms with van der Waals surface area (Å²) in [5, 5.41) is 12.3. The van der Waals surface area contributed by atoms with Crippen molar-refractivity contribution in [2.24, 2.45) is 0 Å². The predicted octanol–water partition coefficient (Wildman–Crippen LogP) is 2.69. The number of halogens is 1. The molecule has 0 aliphatic carbocycles. The smallest absolute Gasteiger partial charge is 0.254 e. The van der Waals surface area contributed by atoms with Crippen LogP contribution in [0.1, 0.15) is 27.4 Å². The number of nitrogens with one attached hydrogen (secondary N) is 1. The van der Waals surface area contributed by atoms with Gasteiger partial charge in [-0.15, -0.1) is 0 Å². The second-order valence-electron chi connectivity index (χ2n) is 5.18. The molecule has 2 aromatic carbocycles. The van der Waals surface area contributed by atoms with Crippen molar-refractivity contribution in [2.75, 3.05) is 13.7 Å². The first kappa shape index (κ1) is 15.1. The number of hydrogen-bond acceptors (Lipinski definition) is 3. The summed E-state index contributed by atoms with van der Waals surface area (Å²) in [5.74, 6) is 0.250. The molecule has 0 spiro atoms. The van der Waals surface area contributed by atoms with Gasteiger partial charge in [-0.1, -0.05) is 46.3 Å². The number of amides is 1. The third-order valence-electron chi connectivity index (χ3n) is 3.87. The molecule has 0 radical (unpaired) electrons. The number of carbonyl (C=O) groups excluding carboxylic acids is 1. The lowest BCUT2D eigenvalue weighted by Crippen LogP contribution is -2.24. The van der Waals surface area contributed by atoms with Crippen molar-refractivity contribution in [1.29, 1.82) is 0 Å². The zero-order valence-electron chi connectivity index (χ0n) is 12.0. The van der Waals surface area contributed by atoms with Crippen LogP contribution < -0.4 is 10.1 Å². The molecule has 3 rings (SSSR count). The first-order chi connectivity index (χ1) is 10.7. The van der Waals surface area contributed by atoms with Crippen LogP contribution in [0.4, 0.5) is 0 Å². The van der Waals surface area contributed by atoms with E-state index in [-0.39, 0.29) is 18.4 Å². The molecule has 1 aliphatic rings. The lowest BCUT2D eigenvalue weighted by atomic mass is 9.88. The number of aliphatic hydroxyl groups is 1.